The van der Waals surface area contributed by atoms with Gasteiger partial charge in [0.25, 0.3) is 0 Å². The van der Waals surface area contributed by atoms with Gasteiger partial charge in [-0.05, 0) is 50.1 Å². The Kier molecular flexibility index (Phi) is 7.92. The molecule has 1 amide bonds. The summed E-state index contributed by atoms with van der Waals surface area (Å²) in [7, 11) is 5.09. The highest BCUT2D eigenvalue weighted by molar-refractivity contribution is 5.85. The van der Waals surface area contributed by atoms with Crippen molar-refractivity contribution >= 4 is 11.9 Å². The number of hydrogen-bond donors (Lipinski definition) is 2. The Bertz CT molecular complexity index is 781. The molecule has 0 aliphatic rings. The number of guanidine groups is 1. The molecule has 1 aromatic heterocycles. The average Bonchev–Trinajstić information content (AvgIpc) is 3.12. The highest BCUT2D eigenvalue weighted by Gasteiger charge is 2.12. The summed E-state index contributed by atoms with van der Waals surface area (Å²) in [5.41, 5.74) is 1.19. The fourth-order valence-corrected chi connectivity index (χ4v) is 2.52. The number of carbonyl (C=O) groups is 1. The molecule has 0 aliphatic heterocycles. The minimum atomic E-state index is -0.0737. The number of ether oxygens (including phenoxy) is 1. The number of nitrogens with one attached hydrogen (secondary N) is 2. The summed E-state index contributed by atoms with van der Waals surface area (Å²) in [4.78, 5) is 17.8. The summed E-state index contributed by atoms with van der Waals surface area (Å²) in [6, 6.07) is 11.8. The SMILES string of the molecule is COc1ccc(CCNC(=NCC(=O)N(C)C)NC(C)c2ccc(C)o2)cc1. The number of carbonyl (C=O) groups excluding carboxylic acids is 1. The van der Waals surface area contributed by atoms with Gasteiger partial charge in [-0.2, -0.15) is 0 Å². The Balaban J connectivity index is 1.98. The fourth-order valence-electron chi connectivity index (χ4n) is 2.52. The van der Waals surface area contributed by atoms with E-state index in [1.807, 2.05) is 50.2 Å². The number of benzene rings is 1. The molecule has 1 heterocycles. The zero-order valence-corrected chi connectivity index (χ0v) is 17.3. The highest BCUT2D eigenvalue weighted by Crippen LogP contribution is 2.15. The van der Waals surface area contributed by atoms with Gasteiger partial charge in [0.1, 0.15) is 23.8 Å². The third-order valence-corrected chi connectivity index (χ3v) is 4.28. The number of methoxy groups -OCH3 is 1. The molecule has 2 N–H and O–H groups in total. The molecule has 1 aromatic carbocycles. The van der Waals surface area contributed by atoms with Crippen LogP contribution in [-0.2, 0) is 11.2 Å². The number of aryl methyl sites for hydroxylation is 1. The normalized spacial score (nSPS) is 12.4. The van der Waals surface area contributed by atoms with Gasteiger partial charge in [0.2, 0.25) is 5.91 Å². The van der Waals surface area contributed by atoms with Crippen molar-refractivity contribution in [2.45, 2.75) is 26.3 Å². The zero-order chi connectivity index (χ0) is 20.5. The molecule has 7 heteroatoms. The molecule has 2 rings (SSSR count). The van der Waals surface area contributed by atoms with Crippen LogP contribution >= 0.6 is 0 Å². The monoisotopic (exact) mass is 386 g/mol. The summed E-state index contributed by atoms with van der Waals surface area (Å²) in [6.45, 7) is 4.66. The van der Waals surface area contributed by atoms with Gasteiger partial charge in [0.05, 0.1) is 13.2 Å². The van der Waals surface area contributed by atoms with Crippen molar-refractivity contribution in [2.24, 2.45) is 4.99 Å². The smallest absolute Gasteiger partial charge is 0.243 e. The van der Waals surface area contributed by atoms with Crippen LogP contribution in [0, 0.1) is 6.92 Å². The van der Waals surface area contributed by atoms with Gasteiger partial charge < -0.3 is 24.7 Å². The van der Waals surface area contributed by atoms with Crippen molar-refractivity contribution < 1.29 is 13.9 Å². The van der Waals surface area contributed by atoms with Crippen molar-refractivity contribution in [1.82, 2.24) is 15.5 Å². The second kappa shape index (κ2) is 10.4. The van der Waals surface area contributed by atoms with Gasteiger partial charge in [0, 0.05) is 20.6 Å². The number of furan rings is 1. The van der Waals surface area contributed by atoms with Gasteiger partial charge in [-0.15, -0.1) is 0 Å². The second-order valence-corrected chi connectivity index (χ2v) is 6.79. The van der Waals surface area contributed by atoms with E-state index < -0.39 is 0 Å². The molecule has 0 bridgehead atoms. The number of aliphatic imine (C=N–C) groups is 1. The quantitative estimate of drug-likeness (QED) is 0.538. The van der Waals surface area contributed by atoms with Gasteiger partial charge in [-0.3, -0.25) is 4.79 Å². The summed E-state index contributed by atoms with van der Waals surface area (Å²) in [5.74, 6) is 3.03. The predicted molar refractivity (Wildman–Crippen MR) is 111 cm³/mol. The van der Waals surface area contributed by atoms with Crippen molar-refractivity contribution in [3.05, 3.63) is 53.5 Å². The Hall–Kier alpha value is -2.96. The van der Waals surface area contributed by atoms with E-state index >= 15 is 0 Å². The third kappa shape index (κ3) is 6.64. The van der Waals surface area contributed by atoms with Crippen LogP contribution in [0.25, 0.3) is 0 Å². The van der Waals surface area contributed by atoms with E-state index in [9.17, 15) is 4.79 Å². The number of likely N-dealkylation sites (N-methyl/N-ethyl adjacent to an activating group) is 1. The average molecular weight is 386 g/mol. The minimum Gasteiger partial charge on any atom is -0.497 e. The lowest BCUT2D eigenvalue weighted by Gasteiger charge is -2.17. The molecule has 152 valence electrons. The Morgan fingerprint density at radius 1 is 1.21 bits per heavy atom. The maximum Gasteiger partial charge on any atom is 0.243 e. The Morgan fingerprint density at radius 2 is 1.93 bits per heavy atom. The molecule has 1 unspecified atom stereocenters. The van der Waals surface area contributed by atoms with Crippen LogP contribution in [0.4, 0.5) is 0 Å². The standard InChI is InChI=1S/C21H30N4O3/c1-15-6-11-19(28-15)16(2)24-21(23-14-20(26)25(3)4)22-13-12-17-7-9-18(27-5)10-8-17/h6-11,16H,12-14H2,1-5H3,(H2,22,23,24). The third-order valence-electron chi connectivity index (χ3n) is 4.28. The summed E-state index contributed by atoms with van der Waals surface area (Å²) in [5, 5.41) is 6.59. The van der Waals surface area contributed by atoms with E-state index in [-0.39, 0.29) is 18.5 Å². The molecular weight excluding hydrogens is 356 g/mol. The predicted octanol–water partition coefficient (Wildman–Crippen LogP) is 2.52. The van der Waals surface area contributed by atoms with Crippen molar-refractivity contribution in [3.8, 4) is 5.75 Å². The van der Waals surface area contributed by atoms with Crippen molar-refractivity contribution in [1.29, 1.82) is 0 Å². The van der Waals surface area contributed by atoms with Gasteiger partial charge >= 0.3 is 0 Å². The highest BCUT2D eigenvalue weighted by atomic mass is 16.5. The molecule has 0 saturated carbocycles. The maximum absolute atomic E-state index is 11.9. The lowest BCUT2D eigenvalue weighted by Crippen LogP contribution is -2.40. The molecule has 0 spiro atoms. The van der Waals surface area contributed by atoms with E-state index in [0.29, 0.717) is 12.5 Å². The first kappa shape index (κ1) is 21.3. The first-order chi connectivity index (χ1) is 13.4. The van der Waals surface area contributed by atoms with Crippen LogP contribution in [-0.4, -0.2) is 51.1 Å². The van der Waals surface area contributed by atoms with Gasteiger partial charge in [-0.25, -0.2) is 4.99 Å². The minimum absolute atomic E-state index is 0.0576. The summed E-state index contributed by atoms with van der Waals surface area (Å²) in [6.07, 6.45) is 0.820. The van der Waals surface area contributed by atoms with Crippen LogP contribution in [0.1, 0.15) is 30.0 Å². The van der Waals surface area contributed by atoms with Crippen LogP contribution in [0.5, 0.6) is 5.75 Å². The number of amides is 1. The molecule has 7 nitrogen and oxygen atoms in total. The first-order valence-electron chi connectivity index (χ1n) is 9.33. The van der Waals surface area contributed by atoms with Gasteiger partial charge in [-0.1, -0.05) is 12.1 Å². The maximum atomic E-state index is 11.9. The molecule has 1 atom stereocenters. The van der Waals surface area contributed by atoms with Crippen LogP contribution < -0.4 is 15.4 Å². The molecule has 0 aliphatic carbocycles. The van der Waals surface area contributed by atoms with Gasteiger partial charge in [0.15, 0.2) is 5.96 Å². The van der Waals surface area contributed by atoms with Crippen LogP contribution in [0.3, 0.4) is 0 Å². The molecular formula is C21H30N4O3. The summed E-state index contributed by atoms with van der Waals surface area (Å²) >= 11 is 0. The summed E-state index contributed by atoms with van der Waals surface area (Å²) < 4.78 is 10.9. The largest absolute Gasteiger partial charge is 0.497 e. The molecule has 28 heavy (non-hydrogen) atoms. The fraction of sp³-hybridized carbons (Fsp3) is 0.429. The van der Waals surface area contributed by atoms with Crippen LogP contribution in [0.15, 0.2) is 45.8 Å². The Morgan fingerprint density at radius 3 is 2.50 bits per heavy atom. The van der Waals surface area contributed by atoms with E-state index in [2.05, 4.69) is 15.6 Å². The van der Waals surface area contributed by atoms with Crippen molar-refractivity contribution in [3.63, 3.8) is 0 Å². The van der Waals surface area contributed by atoms with Crippen molar-refractivity contribution in [2.75, 3.05) is 34.3 Å². The topological polar surface area (TPSA) is 79.1 Å². The lowest BCUT2D eigenvalue weighted by molar-refractivity contribution is -0.127. The van der Waals surface area contributed by atoms with E-state index in [1.54, 1.807) is 21.2 Å². The zero-order valence-electron chi connectivity index (χ0n) is 17.3. The molecule has 0 fully saturated rings. The van der Waals surface area contributed by atoms with Crippen LogP contribution in [0.2, 0.25) is 0 Å². The number of nitrogens with zero attached hydrogens (tertiary/aromatic N) is 2. The second-order valence-electron chi connectivity index (χ2n) is 6.79. The van der Waals surface area contributed by atoms with E-state index in [1.165, 1.54) is 10.5 Å². The molecule has 0 saturated heterocycles. The Labute approximate surface area is 166 Å². The number of rotatable bonds is 8. The van der Waals surface area contributed by atoms with E-state index in [4.69, 9.17) is 9.15 Å². The lowest BCUT2D eigenvalue weighted by atomic mass is 10.1. The molecule has 0 radical (unpaired) electrons. The van der Waals surface area contributed by atoms with E-state index in [0.717, 1.165) is 23.7 Å². The molecule has 2 aromatic rings. The first-order valence-corrected chi connectivity index (χ1v) is 9.33. The number of hydrogen-bond acceptors (Lipinski definition) is 4.